The normalized spacial score (nSPS) is 15.8. The van der Waals surface area contributed by atoms with E-state index in [0.717, 1.165) is 22.3 Å². The highest BCUT2D eigenvalue weighted by molar-refractivity contribution is 5.98. The minimum Gasteiger partial charge on any atom is -0.393 e. The Bertz CT molecular complexity index is 1500. The Kier molecular flexibility index (Phi) is 13.5. The van der Waals surface area contributed by atoms with Gasteiger partial charge < -0.3 is 25.1 Å². The molecule has 0 spiro atoms. The molecule has 256 valence electrons. The molecule has 8 nitrogen and oxygen atoms in total. The van der Waals surface area contributed by atoms with Crippen LogP contribution in [0.5, 0.6) is 0 Å². The molecule has 3 aromatic rings. The highest BCUT2D eigenvalue weighted by Gasteiger charge is 2.37. The Morgan fingerprint density at radius 1 is 0.833 bits per heavy atom. The van der Waals surface area contributed by atoms with E-state index in [1.54, 1.807) is 28.8 Å². The molecule has 1 aliphatic heterocycles. The molecule has 3 atom stereocenters. The molecule has 0 bridgehead atoms. The third-order valence-corrected chi connectivity index (χ3v) is 9.58. The summed E-state index contributed by atoms with van der Waals surface area (Å²) in [7, 11) is 5.27. The molecule has 0 aromatic heterocycles. The van der Waals surface area contributed by atoms with Crippen molar-refractivity contribution in [3.05, 3.63) is 108 Å². The molecule has 1 heterocycles. The van der Waals surface area contributed by atoms with E-state index >= 15 is 0 Å². The van der Waals surface area contributed by atoms with Crippen LogP contribution < -0.4 is 5.32 Å². The van der Waals surface area contributed by atoms with Gasteiger partial charge in [0.1, 0.15) is 12.1 Å². The zero-order chi connectivity index (χ0) is 34.6. The molecule has 8 heteroatoms. The largest absolute Gasteiger partial charge is 0.393 e. The van der Waals surface area contributed by atoms with Crippen molar-refractivity contribution in [3.8, 4) is 11.1 Å². The number of rotatable bonds is 14. The van der Waals surface area contributed by atoms with Crippen LogP contribution in [0, 0.1) is 0 Å². The Balaban J connectivity index is 1.67. The first-order valence-corrected chi connectivity index (χ1v) is 17.2. The number of piperidine rings is 1. The number of likely N-dealkylation sites (N-methyl/N-ethyl adjacent to an activating group) is 2. The topological polar surface area (TPSA) is 93.2 Å². The lowest BCUT2D eigenvalue weighted by molar-refractivity contribution is -0.150. The SMILES string of the molecule is CC/C(=C\CC(C)NC)C(=O)N(C)[C@H](Cc1ccc(-c2ccccc2)cc1)C(=O)N(C)[C@H](Cc1ccccc1)C(=O)N1CCC(O)CC1. The van der Waals surface area contributed by atoms with E-state index in [2.05, 4.69) is 24.4 Å². The number of aliphatic hydroxyl groups excluding tert-OH is 1. The number of carbonyl (C=O) groups is 3. The van der Waals surface area contributed by atoms with Crippen molar-refractivity contribution in [1.82, 2.24) is 20.0 Å². The first-order chi connectivity index (χ1) is 23.1. The smallest absolute Gasteiger partial charge is 0.249 e. The van der Waals surface area contributed by atoms with Crippen molar-refractivity contribution < 1.29 is 19.5 Å². The first kappa shape index (κ1) is 36.6. The molecule has 3 amide bonds. The summed E-state index contributed by atoms with van der Waals surface area (Å²) in [5.74, 6) is -0.621. The average molecular weight is 653 g/mol. The van der Waals surface area contributed by atoms with Crippen molar-refractivity contribution in [1.29, 1.82) is 0 Å². The number of carbonyl (C=O) groups excluding carboxylic acids is 3. The standard InChI is InChI=1S/C40H52N4O4/c1-6-32(20-17-29(2)41-3)38(46)42(4)36(28-31-18-21-34(22-19-31)33-15-11-8-12-16-33)39(47)43(5)37(27-30-13-9-7-10-14-30)40(48)44-25-23-35(45)24-26-44/h7-16,18-22,29,35-37,41,45H,6,17,23-28H2,1-5H3/b32-20+/t29?,36-,37-/m1/s1. The van der Waals surface area contributed by atoms with Crippen LogP contribution >= 0.6 is 0 Å². The summed E-state index contributed by atoms with van der Waals surface area (Å²) in [5, 5.41) is 13.3. The van der Waals surface area contributed by atoms with Crippen LogP contribution in [0.1, 0.15) is 50.7 Å². The summed E-state index contributed by atoms with van der Waals surface area (Å²) >= 11 is 0. The number of aliphatic hydroxyl groups is 1. The summed E-state index contributed by atoms with van der Waals surface area (Å²) in [6.07, 6.45) is 4.44. The molecule has 48 heavy (non-hydrogen) atoms. The maximum absolute atomic E-state index is 14.7. The van der Waals surface area contributed by atoms with Gasteiger partial charge in [-0.25, -0.2) is 0 Å². The molecule has 2 N–H and O–H groups in total. The van der Waals surface area contributed by atoms with Crippen LogP contribution in [0.3, 0.4) is 0 Å². The minimum atomic E-state index is -0.837. The lowest BCUT2D eigenvalue weighted by Gasteiger charge is -2.38. The predicted octanol–water partition coefficient (Wildman–Crippen LogP) is 5.11. The lowest BCUT2D eigenvalue weighted by atomic mass is 9.97. The molecule has 4 rings (SSSR count). The van der Waals surface area contributed by atoms with Crippen LogP contribution in [0.25, 0.3) is 11.1 Å². The molecule has 0 aliphatic carbocycles. The van der Waals surface area contributed by atoms with Crippen molar-refractivity contribution in [2.75, 3.05) is 34.2 Å². The monoisotopic (exact) mass is 652 g/mol. The van der Waals surface area contributed by atoms with Crippen molar-refractivity contribution in [2.45, 2.75) is 76.6 Å². The van der Waals surface area contributed by atoms with Gasteiger partial charge in [0.05, 0.1) is 6.10 Å². The second-order valence-corrected chi connectivity index (χ2v) is 12.9. The van der Waals surface area contributed by atoms with Gasteiger partial charge in [-0.3, -0.25) is 14.4 Å². The minimum absolute atomic E-state index is 0.142. The van der Waals surface area contributed by atoms with Gasteiger partial charge in [0.15, 0.2) is 0 Å². The van der Waals surface area contributed by atoms with E-state index in [-0.39, 0.29) is 23.8 Å². The second-order valence-electron chi connectivity index (χ2n) is 12.9. The summed E-state index contributed by atoms with van der Waals surface area (Å²) in [6, 6.07) is 26.5. The van der Waals surface area contributed by atoms with Crippen molar-refractivity contribution >= 4 is 17.7 Å². The second kappa shape index (κ2) is 17.8. The van der Waals surface area contributed by atoms with Crippen molar-refractivity contribution in [3.63, 3.8) is 0 Å². The zero-order valence-corrected chi connectivity index (χ0v) is 29.1. The summed E-state index contributed by atoms with van der Waals surface area (Å²) in [6.45, 7) is 4.90. The van der Waals surface area contributed by atoms with E-state index in [4.69, 9.17) is 0 Å². The zero-order valence-electron chi connectivity index (χ0n) is 29.1. The summed E-state index contributed by atoms with van der Waals surface area (Å²) < 4.78 is 0. The van der Waals surface area contributed by atoms with E-state index < -0.39 is 18.2 Å². The Morgan fingerprint density at radius 2 is 1.38 bits per heavy atom. The average Bonchev–Trinajstić information content (AvgIpc) is 3.13. The number of nitrogens with one attached hydrogen (secondary N) is 1. The molecule has 1 aliphatic rings. The van der Waals surface area contributed by atoms with Crippen LogP contribution in [-0.2, 0) is 27.2 Å². The van der Waals surface area contributed by atoms with Gasteiger partial charge in [0.2, 0.25) is 17.7 Å². The molecule has 0 radical (unpaired) electrons. The molecular formula is C40H52N4O4. The van der Waals surface area contributed by atoms with Gasteiger partial charge in [-0.05, 0) is 61.9 Å². The van der Waals surface area contributed by atoms with Crippen LogP contribution in [0.2, 0.25) is 0 Å². The van der Waals surface area contributed by atoms with Crippen LogP contribution in [0.4, 0.5) is 0 Å². The summed E-state index contributed by atoms with van der Waals surface area (Å²) in [5.41, 5.74) is 4.69. The Morgan fingerprint density at radius 3 is 1.96 bits per heavy atom. The van der Waals surface area contributed by atoms with Gasteiger partial charge in [-0.2, -0.15) is 0 Å². The van der Waals surface area contributed by atoms with E-state index in [1.165, 1.54) is 0 Å². The van der Waals surface area contributed by atoms with Gasteiger partial charge in [0.25, 0.3) is 0 Å². The van der Waals surface area contributed by atoms with Crippen LogP contribution in [-0.4, -0.2) is 96.0 Å². The fraction of sp³-hybridized carbons (Fsp3) is 0.425. The predicted molar refractivity (Wildman–Crippen MR) is 192 cm³/mol. The van der Waals surface area contributed by atoms with Crippen molar-refractivity contribution in [2.24, 2.45) is 0 Å². The number of nitrogens with zero attached hydrogens (tertiary/aromatic N) is 3. The fourth-order valence-electron chi connectivity index (χ4n) is 6.18. The van der Waals surface area contributed by atoms with Gasteiger partial charge in [0, 0.05) is 51.6 Å². The summed E-state index contributed by atoms with van der Waals surface area (Å²) in [4.78, 5) is 47.6. The Labute approximate surface area is 286 Å². The highest BCUT2D eigenvalue weighted by atomic mass is 16.3. The molecule has 1 saturated heterocycles. The quantitative estimate of drug-likeness (QED) is 0.236. The lowest BCUT2D eigenvalue weighted by Crippen LogP contribution is -2.57. The number of likely N-dealkylation sites (tertiary alicyclic amines) is 1. The van der Waals surface area contributed by atoms with Crippen LogP contribution in [0.15, 0.2) is 96.6 Å². The first-order valence-electron chi connectivity index (χ1n) is 17.2. The third kappa shape index (κ3) is 9.64. The van der Waals surface area contributed by atoms with Gasteiger partial charge >= 0.3 is 0 Å². The number of hydrogen-bond donors (Lipinski definition) is 2. The number of benzene rings is 3. The maximum Gasteiger partial charge on any atom is 0.249 e. The molecule has 0 saturated carbocycles. The van der Waals surface area contributed by atoms with E-state index in [1.807, 2.05) is 92.8 Å². The third-order valence-electron chi connectivity index (χ3n) is 9.58. The highest BCUT2D eigenvalue weighted by Crippen LogP contribution is 2.23. The maximum atomic E-state index is 14.7. The molecule has 1 fully saturated rings. The number of hydrogen-bond acceptors (Lipinski definition) is 5. The fourth-order valence-corrected chi connectivity index (χ4v) is 6.18. The van der Waals surface area contributed by atoms with E-state index in [9.17, 15) is 19.5 Å². The van der Waals surface area contributed by atoms with Gasteiger partial charge in [-0.15, -0.1) is 0 Å². The molecular weight excluding hydrogens is 600 g/mol. The van der Waals surface area contributed by atoms with Gasteiger partial charge in [-0.1, -0.05) is 97.9 Å². The number of amides is 3. The molecule has 1 unspecified atom stereocenters. The van der Waals surface area contributed by atoms with E-state index in [0.29, 0.717) is 57.2 Å². The molecule has 3 aromatic carbocycles. The Hall–Kier alpha value is -4.27.